The Kier molecular flexibility index (Phi) is 11.6. The van der Waals surface area contributed by atoms with E-state index in [0.29, 0.717) is 0 Å². The third-order valence-corrected chi connectivity index (χ3v) is 8.39. The van der Waals surface area contributed by atoms with Crippen LogP contribution in [0.1, 0.15) is 27.2 Å². The van der Waals surface area contributed by atoms with Gasteiger partial charge in [0.1, 0.15) is 60.9 Å². The highest BCUT2D eigenvalue weighted by Gasteiger charge is 2.62. The van der Waals surface area contributed by atoms with Crippen molar-refractivity contribution in [1.29, 1.82) is 0 Å². The van der Waals surface area contributed by atoms with Gasteiger partial charge in [-0.2, -0.15) is 0 Å². The fraction of sp³-hybridized carbons (Fsp3) is 0.846. The van der Waals surface area contributed by atoms with Crippen molar-refractivity contribution in [3.63, 3.8) is 0 Å². The fourth-order valence-corrected chi connectivity index (χ4v) is 6.20. The number of amides is 2. The smallest absolute Gasteiger partial charge is 0.364 e. The topological polar surface area (TPSA) is 337 Å². The summed E-state index contributed by atoms with van der Waals surface area (Å²) < 4.78 is 35.9. The number of ether oxygens (including phenoxy) is 6. The van der Waals surface area contributed by atoms with Crippen molar-refractivity contribution in [3.8, 4) is 0 Å². The maximum Gasteiger partial charge on any atom is 0.364 e. The second-order valence-electron chi connectivity index (χ2n) is 11.9. The largest absolute Gasteiger partial charge is 0.477 e. The zero-order valence-corrected chi connectivity index (χ0v) is 25.7. The van der Waals surface area contributed by atoms with Gasteiger partial charge in [0.2, 0.25) is 11.8 Å². The van der Waals surface area contributed by atoms with E-state index in [0.717, 1.165) is 13.8 Å². The van der Waals surface area contributed by atoms with Gasteiger partial charge in [0.15, 0.2) is 18.5 Å². The molecule has 0 unspecified atom stereocenters. The number of carboxylic acid groups (broad SMARTS) is 1. The number of aliphatic carboxylic acids is 1. The van der Waals surface area contributed by atoms with Crippen LogP contribution in [0.15, 0.2) is 4.99 Å². The number of aliphatic hydroxyl groups is 6. The van der Waals surface area contributed by atoms with Gasteiger partial charge in [-0.05, 0) is 6.92 Å². The molecule has 4 fully saturated rings. The Labute approximate surface area is 267 Å². The number of nitrogens with zero attached hydrogens (tertiary/aromatic N) is 1. The molecule has 16 atom stereocenters. The molecule has 4 rings (SSSR count). The van der Waals surface area contributed by atoms with Gasteiger partial charge in [-0.1, -0.05) is 0 Å². The van der Waals surface area contributed by atoms with Gasteiger partial charge >= 0.3 is 5.97 Å². The number of hydrogen-bond donors (Lipinski definition) is 11. The quantitative estimate of drug-likeness (QED) is 0.0837. The molecular weight excluding hydrogens is 638 g/mol. The van der Waals surface area contributed by atoms with Crippen LogP contribution in [-0.4, -0.2) is 170 Å². The lowest BCUT2D eigenvalue weighted by Gasteiger charge is -2.54. The maximum atomic E-state index is 13.1. The molecule has 0 radical (unpaired) electrons. The molecule has 0 spiro atoms. The van der Waals surface area contributed by atoms with E-state index in [9.17, 15) is 50.1 Å². The van der Waals surface area contributed by atoms with Crippen molar-refractivity contribution in [2.24, 2.45) is 16.5 Å². The lowest BCUT2D eigenvalue weighted by atomic mass is 9.87. The monoisotopic (exact) mass is 681 g/mol. The Bertz CT molecular complexity index is 1180. The normalized spacial score (nSPS) is 43.2. The molecule has 0 aliphatic carbocycles. The van der Waals surface area contributed by atoms with E-state index >= 15 is 0 Å². The van der Waals surface area contributed by atoms with Crippen molar-refractivity contribution >= 4 is 23.7 Å². The Balaban J connectivity index is 1.99. The molecule has 268 valence electrons. The molecule has 0 saturated carbocycles. The van der Waals surface area contributed by atoms with Crippen LogP contribution >= 0.6 is 0 Å². The van der Waals surface area contributed by atoms with E-state index in [1.807, 2.05) is 0 Å². The molecule has 4 saturated heterocycles. The second kappa shape index (κ2) is 14.8. The van der Waals surface area contributed by atoms with Crippen molar-refractivity contribution < 1.29 is 78.6 Å². The first-order chi connectivity index (χ1) is 22.0. The Hall–Kier alpha value is -2.80. The standard InChI is InChI=1S/C26H43N5O16/c1-7-16(37)21-15(31-25(27)28)22(42-7)45-19-14(30-9(3)35)23(44-12(6-33)18(19)39)43-11-4-26(47-21,24(40)41)46-20(13(11)29-8(2)34)17(38)10(36)5-32/h7,10-23,32-33,36-39H,4-6H2,1-3H3,(H,29,34)(H,30,35)(H,40,41)(H4,27,28,31)/t7-,10+,11-,12+,13+,14+,15-,16+,17+,18+,19+,20+,21-,22-,23+,26-/m0/s1. The molecule has 2 amide bonds. The van der Waals surface area contributed by atoms with Crippen LogP contribution < -0.4 is 22.1 Å². The molecular formula is C26H43N5O16. The number of carbonyl (C=O) groups is 3. The first kappa shape index (κ1) is 37.0. The van der Waals surface area contributed by atoms with Gasteiger partial charge in [-0.3, -0.25) is 9.59 Å². The van der Waals surface area contributed by atoms with Crippen LogP contribution in [0, 0.1) is 0 Å². The zero-order chi connectivity index (χ0) is 35.0. The summed E-state index contributed by atoms with van der Waals surface area (Å²) in [5.41, 5.74) is 11.4. The molecule has 0 aromatic heterocycles. The van der Waals surface area contributed by atoms with Crippen molar-refractivity contribution in [2.45, 2.75) is 125 Å². The van der Waals surface area contributed by atoms with Gasteiger partial charge in [-0.25, -0.2) is 9.79 Å². The van der Waals surface area contributed by atoms with Crippen LogP contribution in [-0.2, 0) is 42.8 Å². The number of fused-ring (bicyclic) bond motifs is 6. The van der Waals surface area contributed by atoms with E-state index in [4.69, 9.17) is 39.9 Å². The van der Waals surface area contributed by atoms with E-state index in [-0.39, 0.29) is 0 Å². The number of aliphatic hydroxyl groups excluding tert-OH is 6. The minimum atomic E-state index is -2.86. The average Bonchev–Trinajstić information content (AvgIpc) is 2.99. The third-order valence-electron chi connectivity index (χ3n) is 8.39. The van der Waals surface area contributed by atoms with Gasteiger partial charge in [0, 0.05) is 20.3 Å². The first-order valence-electron chi connectivity index (χ1n) is 14.8. The van der Waals surface area contributed by atoms with Gasteiger partial charge < -0.3 is 86.3 Å². The highest BCUT2D eigenvalue weighted by molar-refractivity contribution is 5.77. The number of carboxylic acids is 1. The minimum Gasteiger partial charge on any atom is -0.477 e. The Morgan fingerprint density at radius 2 is 1.55 bits per heavy atom. The third kappa shape index (κ3) is 7.60. The summed E-state index contributed by atoms with van der Waals surface area (Å²) >= 11 is 0. The van der Waals surface area contributed by atoms with Gasteiger partial charge in [0.25, 0.3) is 5.79 Å². The lowest BCUT2D eigenvalue weighted by Crippen LogP contribution is -2.73. The van der Waals surface area contributed by atoms with Crippen LogP contribution in [0.2, 0.25) is 0 Å². The Morgan fingerprint density at radius 3 is 2.11 bits per heavy atom. The molecule has 4 heterocycles. The van der Waals surface area contributed by atoms with E-state index in [1.54, 1.807) is 0 Å². The molecule has 0 aromatic carbocycles. The molecule has 21 heteroatoms. The van der Waals surface area contributed by atoms with Crippen LogP contribution in [0.5, 0.6) is 0 Å². The highest BCUT2D eigenvalue weighted by atomic mass is 16.8. The summed E-state index contributed by atoms with van der Waals surface area (Å²) in [6.45, 7) is 1.80. The molecule has 47 heavy (non-hydrogen) atoms. The number of nitrogens with two attached hydrogens (primary N) is 2. The van der Waals surface area contributed by atoms with Crippen molar-refractivity contribution in [1.82, 2.24) is 10.6 Å². The van der Waals surface area contributed by atoms with E-state index < -0.39 is 141 Å². The van der Waals surface area contributed by atoms with Gasteiger partial charge in [0.05, 0.1) is 31.5 Å². The minimum absolute atomic E-state index is 0.577. The van der Waals surface area contributed by atoms with Crippen LogP contribution in [0.4, 0.5) is 0 Å². The average molecular weight is 682 g/mol. The summed E-state index contributed by atoms with van der Waals surface area (Å²) in [5.74, 6) is -6.64. The predicted octanol–water partition coefficient (Wildman–Crippen LogP) is -6.73. The molecule has 0 aromatic rings. The molecule has 13 N–H and O–H groups in total. The molecule has 21 nitrogen and oxygen atoms in total. The summed E-state index contributed by atoms with van der Waals surface area (Å²) in [4.78, 5) is 42.0. The number of nitrogens with one attached hydrogen (secondary N) is 2. The number of guanidine groups is 1. The molecule has 4 aliphatic heterocycles. The summed E-state index contributed by atoms with van der Waals surface area (Å²) in [6, 6.07) is -4.51. The van der Waals surface area contributed by atoms with Gasteiger partial charge in [-0.15, -0.1) is 0 Å². The molecule has 6 bridgehead atoms. The second-order valence-corrected chi connectivity index (χ2v) is 11.9. The van der Waals surface area contributed by atoms with Crippen molar-refractivity contribution in [3.05, 3.63) is 0 Å². The highest BCUT2D eigenvalue weighted by Crippen LogP contribution is 2.41. The summed E-state index contributed by atoms with van der Waals surface area (Å²) in [6.07, 6.45) is -20.8. The van der Waals surface area contributed by atoms with Crippen LogP contribution in [0.25, 0.3) is 0 Å². The Morgan fingerprint density at radius 1 is 0.915 bits per heavy atom. The summed E-state index contributed by atoms with van der Waals surface area (Å²) in [5, 5.41) is 79.3. The SMILES string of the molecule is CC(=O)N[C@H]1[C@@H]2O[C@H]3C[C@@](C(=O)O)(O[C@@H]4[C@H](O)[C@H](C)O[C@@H](O[C@H]1[C@H](O)[C@@H](CO)O2)[C@H]4N=C(N)N)O[C@@H]([C@H](O)[C@H](O)CO)[C@@H]3NC(C)=O. The van der Waals surface area contributed by atoms with Crippen molar-refractivity contribution in [2.75, 3.05) is 13.2 Å². The molecule has 4 aliphatic rings. The maximum absolute atomic E-state index is 13.1. The zero-order valence-electron chi connectivity index (χ0n) is 25.7. The van der Waals surface area contributed by atoms with E-state index in [2.05, 4.69) is 15.6 Å². The number of aliphatic imine (C=N–C) groups is 1. The van der Waals surface area contributed by atoms with Crippen LogP contribution in [0.3, 0.4) is 0 Å². The first-order valence-corrected chi connectivity index (χ1v) is 14.8. The number of carbonyl (C=O) groups excluding carboxylic acids is 2. The van der Waals surface area contributed by atoms with E-state index in [1.165, 1.54) is 6.92 Å². The summed E-state index contributed by atoms with van der Waals surface area (Å²) in [7, 11) is 0. The fourth-order valence-electron chi connectivity index (χ4n) is 6.20. The lowest BCUT2D eigenvalue weighted by molar-refractivity contribution is -0.382. The number of hydrogen-bond acceptors (Lipinski definition) is 16. The number of rotatable bonds is 8. The predicted molar refractivity (Wildman–Crippen MR) is 150 cm³/mol.